The molecule has 1 aliphatic rings. The van der Waals surface area contributed by atoms with E-state index in [0.29, 0.717) is 47.3 Å². The zero-order valence-corrected chi connectivity index (χ0v) is 23.0. The molecule has 38 heavy (non-hydrogen) atoms. The molecule has 1 heterocycles. The van der Waals surface area contributed by atoms with Crippen LogP contribution in [0.1, 0.15) is 51.9 Å². The van der Waals surface area contributed by atoms with Gasteiger partial charge in [-0.25, -0.2) is 0 Å². The van der Waals surface area contributed by atoms with Gasteiger partial charge in [0, 0.05) is 30.6 Å². The van der Waals surface area contributed by atoms with Gasteiger partial charge in [-0.05, 0) is 49.4 Å². The molecule has 1 aliphatic heterocycles. The number of carbonyl (C=O) groups is 1. The molecule has 1 amide bonds. The first-order valence-electron chi connectivity index (χ1n) is 13.0. The molecule has 0 aliphatic carbocycles. The molecular formula is C31H37NO6. The lowest BCUT2D eigenvalue weighted by Gasteiger charge is -2.27. The van der Waals surface area contributed by atoms with E-state index in [9.17, 15) is 4.79 Å². The SMILES string of the molecule is COc1c(C)c(Cc2ccc(C(=O)N3CCCCC3)c(OCc3ccccc3)c2)c(OC)c(OC)c1OC. The molecule has 7 nitrogen and oxygen atoms in total. The molecule has 1 saturated heterocycles. The molecule has 0 spiro atoms. The Bertz CT molecular complexity index is 1250. The van der Waals surface area contributed by atoms with Crippen LogP contribution in [0.25, 0.3) is 0 Å². The summed E-state index contributed by atoms with van der Waals surface area (Å²) in [6, 6.07) is 15.8. The van der Waals surface area contributed by atoms with Crippen LogP contribution in [0.4, 0.5) is 0 Å². The third kappa shape index (κ3) is 5.67. The van der Waals surface area contributed by atoms with Crippen molar-refractivity contribution in [1.29, 1.82) is 0 Å². The maximum Gasteiger partial charge on any atom is 0.257 e. The molecule has 0 aromatic heterocycles. The zero-order chi connectivity index (χ0) is 27.1. The highest BCUT2D eigenvalue weighted by Crippen LogP contribution is 2.50. The maximum absolute atomic E-state index is 13.5. The fourth-order valence-electron chi connectivity index (χ4n) is 5.05. The summed E-state index contributed by atoms with van der Waals surface area (Å²) in [7, 11) is 6.38. The molecule has 3 aromatic rings. The normalized spacial score (nSPS) is 13.1. The van der Waals surface area contributed by atoms with Crippen LogP contribution in [0.15, 0.2) is 48.5 Å². The average Bonchev–Trinajstić information content (AvgIpc) is 2.97. The standard InChI is InChI=1S/C31H37NO6/c1-21-25(28(35-3)30(37-5)29(36-4)27(21)34-2)18-23-14-15-24(31(33)32-16-10-7-11-17-32)26(19-23)38-20-22-12-8-6-9-13-22/h6,8-9,12-15,19H,7,10-11,16-18,20H2,1-5H3. The number of ether oxygens (including phenoxy) is 5. The van der Waals surface area contributed by atoms with Crippen LogP contribution in [0.2, 0.25) is 0 Å². The lowest BCUT2D eigenvalue weighted by atomic mass is 9.96. The van der Waals surface area contributed by atoms with Crippen molar-refractivity contribution in [2.24, 2.45) is 0 Å². The minimum absolute atomic E-state index is 0.0147. The van der Waals surface area contributed by atoms with Crippen molar-refractivity contribution in [1.82, 2.24) is 4.90 Å². The molecule has 0 atom stereocenters. The van der Waals surface area contributed by atoms with Gasteiger partial charge in [-0.15, -0.1) is 0 Å². The van der Waals surface area contributed by atoms with Gasteiger partial charge in [0.15, 0.2) is 11.5 Å². The lowest BCUT2D eigenvalue weighted by molar-refractivity contribution is 0.0719. The summed E-state index contributed by atoms with van der Waals surface area (Å²) in [5.74, 6) is 2.74. The Labute approximate surface area is 225 Å². The third-order valence-corrected chi connectivity index (χ3v) is 7.04. The van der Waals surface area contributed by atoms with Crippen LogP contribution in [0, 0.1) is 6.92 Å². The Balaban J connectivity index is 1.73. The average molecular weight is 520 g/mol. The van der Waals surface area contributed by atoms with Crippen LogP contribution in [-0.4, -0.2) is 52.3 Å². The molecule has 3 aromatic carbocycles. The van der Waals surface area contributed by atoms with Gasteiger partial charge in [-0.1, -0.05) is 36.4 Å². The molecule has 0 bridgehead atoms. The van der Waals surface area contributed by atoms with E-state index in [4.69, 9.17) is 23.7 Å². The largest absolute Gasteiger partial charge is 0.492 e. The number of nitrogens with zero attached hydrogens (tertiary/aromatic N) is 1. The minimum atomic E-state index is 0.0147. The first-order valence-corrected chi connectivity index (χ1v) is 13.0. The van der Waals surface area contributed by atoms with E-state index in [1.165, 1.54) is 0 Å². The Hall–Kier alpha value is -3.87. The van der Waals surface area contributed by atoms with E-state index in [1.54, 1.807) is 28.4 Å². The summed E-state index contributed by atoms with van der Waals surface area (Å²) in [6.45, 7) is 3.90. The van der Waals surface area contributed by atoms with Gasteiger partial charge in [-0.3, -0.25) is 4.79 Å². The van der Waals surface area contributed by atoms with Gasteiger partial charge in [0.05, 0.1) is 34.0 Å². The monoisotopic (exact) mass is 519 g/mol. The number of hydrogen-bond acceptors (Lipinski definition) is 6. The molecular weight excluding hydrogens is 482 g/mol. The first-order chi connectivity index (χ1) is 18.5. The second-order valence-electron chi connectivity index (χ2n) is 9.37. The van der Waals surface area contributed by atoms with Gasteiger partial charge in [0.1, 0.15) is 12.4 Å². The smallest absolute Gasteiger partial charge is 0.257 e. The summed E-state index contributed by atoms with van der Waals surface area (Å²) in [5, 5.41) is 0. The van der Waals surface area contributed by atoms with E-state index >= 15 is 0 Å². The lowest BCUT2D eigenvalue weighted by Crippen LogP contribution is -2.35. The van der Waals surface area contributed by atoms with Gasteiger partial charge >= 0.3 is 0 Å². The van der Waals surface area contributed by atoms with Crippen LogP contribution in [0.5, 0.6) is 28.7 Å². The van der Waals surface area contributed by atoms with Crippen LogP contribution in [0.3, 0.4) is 0 Å². The highest BCUT2D eigenvalue weighted by molar-refractivity contribution is 5.97. The van der Waals surface area contributed by atoms with Crippen molar-refractivity contribution in [3.05, 3.63) is 76.3 Å². The quantitative estimate of drug-likeness (QED) is 0.336. The Morgan fingerprint density at radius 2 is 1.39 bits per heavy atom. The van der Waals surface area contributed by atoms with E-state index < -0.39 is 0 Å². The molecule has 1 fully saturated rings. The molecule has 0 N–H and O–H groups in total. The molecule has 0 saturated carbocycles. The fraction of sp³-hybridized carbons (Fsp3) is 0.387. The molecule has 0 radical (unpaired) electrons. The number of benzene rings is 3. The van der Waals surface area contributed by atoms with Crippen molar-refractivity contribution in [3.63, 3.8) is 0 Å². The summed E-state index contributed by atoms with van der Waals surface area (Å²) >= 11 is 0. The number of carbonyl (C=O) groups excluding carboxylic acids is 1. The Kier molecular flexibility index (Phi) is 9.00. The van der Waals surface area contributed by atoms with E-state index in [1.807, 2.05) is 60.4 Å². The number of rotatable bonds is 10. The number of amides is 1. The molecule has 0 unspecified atom stereocenters. The van der Waals surface area contributed by atoms with Crippen molar-refractivity contribution in [3.8, 4) is 28.7 Å². The second-order valence-corrected chi connectivity index (χ2v) is 9.37. The second kappa shape index (κ2) is 12.6. The van der Waals surface area contributed by atoms with Crippen molar-refractivity contribution < 1.29 is 28.5 Å². The summed E-state index contributed by atoms with van der Waals surface area (Å²) in [6.07, 6.45) is 3.75. The van der Waals surface area contributed by atoms with Gasteiger partial charge in [-0.2, -0.15) is 0 Å². The number of hydrogen-bond donors (Lipinski definition) is 0. The minimum Gasteiger partial charge on any atom is -0.492 e. The summed E-state index contributed by atoms with van der Waals surface area (Å²) < 4.78 is 29.0. The van der Waals surface area contributed by atoms with Gasteiger partial charge in [0.25, 0.3) is 5.91 Å². The highest BCUT2D eigenvalue weighted by atomic mass is 16.5. The van der Waals surface area contributed by atoms with Crippen molar-refractivity contribution in [2.45, 2.75) is 39.2 Å². The number of likely N-dealkylation sites (tertiary alicyclic amines) is 1. The number of methoxy groups -OCH3 is 4. The Morgan fingerprint density at radius 3 is 2.03 bits per heavy atom. The van der Waals surface area contributed by atoms with E-state index in [0.717, 1.165) is 54.6 Å². The van der Waals surface area contributed by atoms with Crippen LogP contribution < -0.4 is 23.7 Å². The molecule has 202 valence electrons. The zero-order valence-electron chi connectivity index (χ0n) is 23.0. The summed E-state index contributed by atoms with van der Waals surface area (Å²) in [4.78, 5) is 15.4. The number of piperidine rings is 1. The molecule has 4 rings (SSSR count). The van der Waals surface area contributed by atoms with Crippen molar-refractivity contribution >= 4 is 5.91 Å². The van der Waals surface area contributed by atoms with E-state index in [-0.39, 0.29) is 5.91 Å². The fourth-order valence-corrected chi connectivity index (χ4v) is 5.05. The predicted octanol–water partition coefficient (Wildman–Crippen LogP) is 5.83. The first kappa shape index (κ1) is 27.2. The Morgan fingerprint density at radius 1 is 0.763 bits per heavy atom. The van der Waals surface area contributed by atoms with E-state index in [2.05, 4.69) is 0 Å². The maximum atomic E-state index is 13.5. The van der Waals surface area contributed by atoms with Crippen molar-refractivity contribution in [2.75, 3.05) is 41.5 Å². The highest BCUT2D eigenvalue weighted by Gasteiger charge is 2.26. The van der Waals surface area contributed by atoms with Crippen LogP contribution >= 0.6 is 0 Å². The summed E-state index contributed by atoms with van der Waals surface area (Å²) in [5.41, 5.74) is 4.39. The predicted molar refractivity (Wildman–Crippen MR) is 147 cm³/mol. The molecule has 7 heteroatoms. The topological polar surface area (TPSA) is 66.5 Å². The van der Waals surface area contributed by atoms with Crippen LogP contribution in [-0.2, 0) is 13.0 Å². The van der Waals surface area contributed by atoms with Gasteiger partial charge < -0.3 is 28.6 Å². The van der Waals surface area contributed by atoms with Gasteiger partial charge in [0.2, 0.25) is 11.5 Å². The third-order valence-electron chi connectivity index (χ3n) is 7.04.